The number of hydrogen-bond donors (Lipinski definition) is 0. The molecule has 2 aromatic carbocycles. The van der Waals surface area contributed by atoms with Crippen molar-refractivity contribution in [2.45, 2.75) is 39.7 Å². The highest BCUT2D eigenvalue weighted by atomic mass is 16.6. The van der Waals surface area contributed by atoms with Crippen LogP contribution in [0.4, 0.5) is 5.69 Å². The average molecular weight is 398 g/mol. The van der Waals surface area contributed by atoms with E-state index >= 15 is 0 Å². The Balaban J connectivity index is 1.65. The number of likely N-dealkylation sites (tertiary alicyclic amines) is 1. The molecule has 0 unspecified atom stereocenters. The highest BCUT2D eigenvalue weighted by Crippen LogP contribution is 2.29. The summed E-state index contributed by atoms with van der Waals surface area (Å²) in [5, 5.41) is 11.3. The Labute approximate surface area is 170 Å². The fourth-order valence-electron chi connectivity index (χ4n) is 3.44. The van der Waals surface area contributed by atoms with E-state index in [1.165, 1.54) is 12.1 Å². The van der Waals surface area contributed by atoms with Gasteiger partial charge in [0.2, 0.25) is 0 Å². The molecule has 0 radical (unpaired) electrons. The van der Waals surface area contributed by atoms with Crippen LogP contribution in [-0.2, 0) is 0 Å². The SMILES string of the molecule is CCOc1ccc(C(=O)N2CCC(Oc3cc(C)ccc3C)CC2)cc1[N+](=O)[O-]. The van der Waals surface area contributed by atoms with Gasteiger partial charge in [-0.3, -0.25) is 14.9 Å². The Morgan fingerprint density at radius 2 is 1.86 bits per heavy atom. The number of ether oxygens (including phenoxy) is 2. The second-order valence-corrected chi connectivity index (χ2v) is 7.25. The zero-order chi connectivity index (χ0) is 21.0. The Hall–Kier alpha value is -3.09. The van der Waals surface area contributed by atoms with Crippen molar-refractivity contribution in [2.24, 2.45) is 0 Å². The first-order valence-electron chi connectivity index (χ1n) is 9.83. The standard InChI is InChI=1S/C22H26N2O5/c1-4-28-20-8-7-17(14-19(20)24(26)27)22(25)23-11-9-18(10-12-23)29-21-13-15(2)5-6-16(21)3/h5-8,13-14,18H,4,9-12H2,1-3H3. The lowest BCUT2D eigenvalue weighted by Gasteiger charge is -2.32. The monoisotopic (exact) mass is 398 g/mol. The molecule has 0 spiro atoms. The number of hydrogen-bond acceptors (Lipinski definition) is 5. The molecule has 0 aromatic heterocycles. The third-order valence-corrected chi connectivity index (χ3v) is 5.07. The summed E-state index contributed by atoms with van der Waals surface area (Å²) in [6, 6.07) is 10.5. The van der Waals surface area contributed by atoms with Crippen molar-refractivity contribution < 1.29 is 19.2 Å². The van der Waals surface area contributed by atoms with Crippen molar-refractivity contribution in [1.82, 2.24) is 4.90 Å². The fraction of sp³-hybridized carbons (Fsp3) is 0.409. The first-order valence-corrected chi connectivity index (χ1v) is 9.83. The number of carbonyl (C=O) groups excluding carboxylic acids is 1. The van der Waals surface area contributed by atoms with Crippen molar-refractivity contribution in [3.8, 4) is 11.5 Å². The van der Waals surface area contributed by atoms with Crippen molar-refractivity contribution in [3.63, 3.8) is 0 Å². The van der Waals surface area contributed by atoms with Crippen LogP contribution in [0.1, 0.15) is 41.3 Å². The van der Waals surface area contributed by atoms with Crippen molar-refractivity contribution in [3.05, 3.63) is 63.2 Å². The third-order valence-electron chi connectivity index (χ3n) is 5.07. The van der Waals surface area contributed by atoms with Crippen LogP contribution < -0.4 is 9.47 Å². The number of aryl methyl sites for hydroxylation is 2. The minimum absolute atomic E-state index is 0.0502. The molecule has 0 saturated carbocycles. The molecule has 7 heteroatoms. The lowest BCUT2D eigenvalue weighted by molar-refractivity contribution is -0.385. The summed E-state index contributed by atoms with van der Waals surface area (Å²) in [5.41, 5.74) is 2.35. The minimum Gasteiger partial charge on any atom is -0.490 e. The summed E-state index contributed by atoms with van der Waals surface area (Å²) >= 11 is 0. The lowest BCUT2D eigenvalue weighted by atomic mass is 10.1. The summed E-state index contributed by atoms with van der Waals surface area (Å²) in [4.78, 5) is 25.3. The van der Waals surface area contributed by atoms with Gasteiger partial charge < -0.3 is 14.4 Å². The molecule has 7 nitrogen and oxygen atoms in total. The van der Waals surface area contributed by atoms with E-state index in [1.54, 1.807) is 17.9 Å². The molecule has 1 amide bonds. The molecule has 3 rings (SSSR count). The summed E-state index contributed by atoms with van der Waals surface area (Å²) in [5.74, 6) is 0.855. The van der Waals surface area contributed by atoms with Gasteiger partial charge in [-0.15, -0.1) is 0 Å². The zero-order valence-corrected chi connectivity index (χ0v) is 17.0. The molecule has 1 fully saturated rings. The quantitative estimate of drug-likeness (QED) is 0.535. The lowest BCUT2D eigenvalue weighted by Crippen LogP contribution is -2.41. The molecule has 1 heterocycles. The van der Waals surface area contributed by atoms with E-state index in [0.29, 0.717) is 25.3 Å². The highest BCUT2D eigenvalue weighted by molar-refractivity contribution is 5.95. The van der Waals surface area contributed by atoms with E-state index in [9.17, 15) is 14.9 Å². The molecule has 0 bridgehead atoms. The molecule has 1 saturated heterocycles. The molecule has 1 aliphatic heterocycles. The zero-order valence-electron chi connectivity index (χ0n) is 17.0. The minimum atomic E-state index is -0.522. The number of carbonyl (C=O) groups is 1. The summed E-state index contributed by atoms with van der Waals surface area (Å²) in [7, 11) is 0. The van der Waals surface area contributed by atoms with E-state index in [4.69, 9.17) is 9.47 Å². The van der Waals surface area contributed by atoms with Gasteiger partial charge >= 0.3 is 5.69 Å². The van der Waals surface area contributed by atoms with Gasteiger partial charge in [0, 0.05) is 37.6 Å². The van der Waals surface area contributed by atoms with Crippen LogP contribution in [0.5, 0.6) is 11.5 Å². The van der Waals surface area contributed by atoms with Crippen molar-refractivity contribution in [2.75, 3.05) is 19.7 Å². The number of amides is 1. The van der Waals surface area contributed by atoms with E-state index in [-0.39, 0.29) is 23.4 Å². The van der Waals surface area contributed by atoms with Crippen LogP contribution in [0.3, 0.4) is 0 Å². The van der Waals surface area contributed by atoms with Gasteiger partial charge in [-0.1, -0.05) is 12.1 Å². The molecule has 29 heavy (non-hydrogen) atoms. The number of nitro groups is 1. The normalized spacial score (nSPS) is 14.5. The van der Waals surface area contributed by atoms with E-state index in [0.717, 1.165) is 29.7 Å². The maximum absolute atomic E-state index is 12.8. The Kier molecular flexibility index (Phi) is 6.36. The fourth-order valence-corrected chi connectivity index (χ4v) is 3.44. The van der Waals surface area contributed by atoms with E-state index in [1.807, 2.05) is 26.0 Å². The largest absolute Gasteiger partial charge is 0.490 e. The number of benzene rings is 2. The number of piperidine rings is 1. The van der Waals surface area contributed by atoms with Crippen molar-refractivity contribution >= 4 is 11.6 Å². The Morgan fingerprint density at radius 1 is 1.14 bits per heavy atom. The van der Waals surface area contributed by atoms with Gasteiger partial charge in [0.15, 0.2) is 5.75 Å². The third kappa shape index (κ3) is 4.85. The molecule has 0 aliphatic carbocycles. The van der Waals surface area contributed by atoms with E-state index in [2.05, 4.69) is 6.07 Å². The molecule has 154 valence electrons. The van der Waals surface area contributed by atoms with Crippen LogP contribution >= 0.6 is 0 Å². The number of rotatable bonds is 6. The van der Waals surface area contributed by atoms with Gasteiger partial charge in [0.05, 0.1) is 11.5 Å². The maximum Gasteiger partial charge on any atom is 0.311 e. The number of nitrogens with zero attached hydrogens (tertiary/aromatic N) is 2. The van der Waals surface area contributed by atoms with Crippen molar-refractivity contribution in [1.29, 1.82) is 0 Å². The second kappa shape index (κ2) is 8.94. The van der Waals surface area contributed by atoms with Crippen LogP contribution in [0.2, 0.25) is 0 Å². The van der Waals surface area contributed by atoms with Crippen LogP contribution in [0, 0.1) is 24.0 Å². The first-order chi connectivity index (χ1) is 13.9. The summed E-state index contributed by atoms with van der Waals surface area (Å²) < 4.78 is 11.4. The molecule has 0 N–H and O–H groups in total. The van der Waals surface area contributed by atoms with Gasteiger partial charge in [-0.05, 0) is 50.1 Å². The first kappa shape index (κ1) is 20.6. The van der Waals surface area contributed by atoms with Gasteiger partial charge in [0.1, 0.15) is 11.9 Å². The molecular weight excluding hydrogens is 372 g/mol. The van der Waals surface area contributed by atoms with Crippen LogP contribution in [0.15, 0.2) is 36.4 Å². The number of nitro benzene ring substituents is 1. The van der Waals surface area contributed by atoms with Gasteiger partial charge in [-0.2, -0.15) is 0 Å². The Bertz CT molecular complexity index is 904. The molecule has 0 atom stereocenters. The maximum atomic E-state index is 12.8. The van der Waals surface area contributed by atoms with E-state index < -0.39 is 4.92 Å². The van der Waals surface area contributed by atoms with Gasteiger partial charge in [0.25, 0.3) is 5.91 Å². The molecule has 1 aliphatic rings. The predicted octanol–water partition coefficient (Wildman–Crippen LogP) is 4.29. The highest BCUT2D eigenvalue weighted by Gasteiger charge is 2.27. The smallest absolute Gasteiger partial charge is 0.311 e. The Morgan fingerprint density at radius 3 is 2.52 bits per heavy atom. The predicted molar refractivity (Wildman–Crippen MR) is 110 cm³/mol. The van der Waals surface area contributed by atoms with Crippen LogP contribution in [-0.4, -0.2) is 41.5 Å². The molecular formula is C22H26N2O5. The molecule has 2 aromatic rings. The summed E-state index contributed by atoms with van der Waals surface area (Å²) in [6.07, 6.45) is 1.49. The van der Waals surface area contributed by atoms with Gasteiger partial charge in [-0.25, -0.2) is 0 Å². The van der Waals surface area contributed by atoms with Crippen LogP contribution in [0.25, 0.3) is 0 Å². The second-order valence-electron chi connectivity index (χ2n) is 7.25. The summed E-state index contributed by atoms with van der Waals surface area (Å²) in [6.45, 7) is 7.23. The topological polar surface area (TPSA) is 81.9 Å². The average Bonchev–Trinajstić information content (AvgIpc) is 2.71.